The molecular weight excluding hydrogens is 88.1 g/mol. The van der Waals surface area contributed by atoms with E-state index in [0.29, 0.717) is 6.42 Å². The quantitative estimate of drug-likeness (QED) is 0.291. The maximum absolute atomic E-state index is 9.53. The predicted molar refractivity (Wildman–Crippen MR) is 28.4 cm³/mol. The summed E-state index contributed by atoms with van der Waals surface area (Å²) in [6.07, 6.45) is 5.34. The third-order valence-electron chi connectivity index (χ3n) is 0.779. The molecule has 0 radical (unpaired) electrons. The molecule has 0 N–H and O–H groups in total. The first kappa shape index (κ1) is 6.74. The molecule has 0 fully saturated rings. The van der Waals surface area contributed by atoms with Gasteiger partial charge >= 0.3 is 43.4 Å². The van der Waals surface area contributed by atoms with E-state index >= 15 is 0 Å². The third-order valence-corrected chi connectivity index (χ3v) is 0.779. The first-order chi connectivity index (χ1) is 3.41. The van der Waals surface area contributed by atoms with Crippen LogP contribution in [0.3, 0.4) is 0 Å². The van der Waals surface area contributed by atoms with Crippen molar-refractivity contribution >= 4 is 0 Å². The Labute approximate surface area is 44.4 Å². The van der Waals surface area contributed by atoms with Gasteiger partial charge in [0.2, 0.25) is 0 Å². The molecule has 1 nitrogen and oxygen atoms in total. The molecule has 7 heavy (non-hydrogen) atoms. The van der Waals surface area contributed by atoms with Crippen molar-refractivity contribution in [1.29, 1.82) is 0 Å². The van der Waals surface area contributed by atoms with Crippen LogP contribution in [0.1, 0.15) is 25.7 Å². The summed E-state index contributed by atoms with van der Waals surface area (Å²) in [5, 5.41) is 0. The van der Waals surface area contributed by atoms with Crippen LogP contribution in [-0.2, 0) is 4.65 Å². The molecule has 40 valence electrons. The third kappa shape index (κ3) is 5.74. The first-order valence-electron chi connectivity index (χ1n) is 2.56. The molecule has 0 saturated heterocycles. The summed E-state index contributed by atoms with van der Waals surface area (Å²) in [4.78, 5) is 0. The minimum absolute atomic E-state index is 0.579. The van der Waals surface area contributed by atoms with Crippen LogP contribution in [0.15, 0.2) is 0 Å². The molecule has 0 bridgehead atoms. The standard InChI is InChI=1S/C6H10O/c1-2-3-4-5-6-7/h1-5H2. The molecule has 0 aliphatic carbocycles. The first-order valence-corrected chi connectivity index (χ1v) is 2.56. The fourth-order valence-electron chi connectivity index (χ4n) is 0.374. The van der Waals surface area contributed by atoms with Gasteiger partial charge in [-0.05, 0) is 0 Å². The molecule has 0 rings (SSSR count). The van der Waals surface area contributed by atoms with Crippen LogP contribution in [0.25, 0.3) is 0 Å². The van der Waals surface area contributed by atoms with Crippen LogP contribution >= 0.6 is 0 Å². The van der Waals surface area contributed by atoms with Crippen LogP contribution in [0, 0.1) is 13.1 Å². The molecule has 0 spiro atoms. The van der Waals surface area contributed by atoms with Gasteiger partial charge in [-0.15, -0.1) is 0 Å². The Morgan fingerprint density at radius 3 is 2.57 bits per heavy atom. The summed E-state index contributed by atoms with van der Waals surface area (Å²) in [5.41, 5.74) is 0. The zero-order valence-corrected chi connectivity index (χ0v) is 4.44. The summed E-state index contributed by atoms with van der Waals surface area (Å²) >= 11 is 0. The Kier molecular flexibility index (Phi) is 5.53. The van der Waals surface area contributed by atoms with Crippen molar-refractivity contribution < 1.29 is 4.65 Å². The molecule has 0 aromatic rings. The van der Waals surface area contributed by atoms with Gasteiger partial charge in [-0.1, -0.05) is 0 Å². The Hall–Kier alpha value is -0.260. The molecular formula is C6H10O. The van der Waals surface area contributed by atoms with Crippen molar-refractivity contribution in [1.82, 2.24) is 0 Å². The average molecular weight is 98.1 g/mol. The topological polar surface area (TPSA) is 19.9 Å². The fraction of sp³-hybridized carbons (Fsp3) is 0.667. The minimum atomic E-state index is 0.579. The van der Waals surface area contributed by atoms with Crippen LogP contribution in [0.2, 0.25) is 0 Å². The summed E-state index contributed by atoms with van der Waals surface area (Å²) in [7, 11) is 0. The maximum atomic E-state index is 9.53. The van der Waals surface area contributed by atoms with Crippen LogP contribution in [0.4, 0.5) is 0 Å². The second-order valence-electron chi connectivity index (χ2n) is 1.45. The second-order valence-corrected chi connectivity index (χ2v) is 1.45. The van der Waals surface area contributed by atoms with E-state index in [1.54, 1.807) is 0 Å². The van der Waals surface area contributed by atoms with E-state index in [1.165, 1.54) is 0 Å². The monoisotopic (exact) mass is 98.1 g/mol. The molecule has 1 heteroatoms. The molecule has 0 aliphatic rings. The zero-order valence-electron chi connectivity index (χ0n) is 4.44. The van der Waals surface area contributed by atoms with Gasteiger partial charge in [0, 0.05) is 0 Å². The van der Waals surface area contributed by atoms with Crippen molar-refractivity contribution in [2.45, 2.75) is 25.7 Å². The van der Waals surface area contributed by atoms with Crippen molar-refractivity contribution in [2.75, 3.05) is 0 Å². The Morgan fingerprint density at radius 2 is 2.14 bits per heavy atom. The normalized spacial score (nSPS) is 8.00. The second kappa shape index (κ2) is 5.74. The van der Waals surface area contributed by atoms with Gasteiger partial charge in [0.05, 0.1) is 0 Å². The molecule has 0 aromatic carbocycles. The van der Waals surface area contributed by atoms with Crippen LogP contribution in [-0.4, -0.2) is 0 Å². The zero-order chi connectivity index (χ0) is 5.54. The van der Waals surface area contributed by atoms with Crippen molar-refractivity contribution in [3.8, 4) is 6.15 Å². The summed E-state index contributed by atoms with van der Waals surface area (Å²) in [6, 6.07) is 0. The number of hydrogen-bond donors (Lipinski definition) is 0. The van der Waals surface area contributed by atoms with Gasteiger partial charge in [-0.2, -0.15) is 0 Å². The molecule has 0 amide bonds. The van der Waals surface area contributed by atoms with Crippen molar-refractivity contribution in [3.05, 3.63) is 6.92 Å². The van der Waals surface area contributed by atoms with E-state index in [-0.39, 0.29) is 0 Å². The molecule has 0 saturated carbocycles. The number of unbranched alkanes of at least 4 members (excludes halogenated alkanes) is 3. The Morgan fingerprint density at radius 1 is 1.43 bits per heavy atom. The molecule has 0 unspecified atom stereocenters. The van der Waals surface area contributed by atoms with E-state index in [9.17, 15) is 4.65 Å². The van der Waals surface area contributed by atoms with Crippen molar-refractivity contribution in [3.63, 3.8) is 0 Å². The van der Waals surface area contributed by atoms with E-state index in [0.717, 1.165) is 19.3 Å². The summed E-state index contributed by atoms with van der Waals surface area (Å²) in [5.74, 6) is 0. The summed E-state index contributed by atoms with van der Waals surface area (Å²) in [6.45, 7) is 3.63. The van der Waals surface area contributed by atoms with Gasteiger partial charge in [-0.3, -0.25) is 0 Å². The van der Waals surface area contributed by atoms with Gasteiger partial charge in [0.1, 0.15) is 0 Å². The Bertz CT molecular complexity index is 61.1. The van der Waals surface area contributed by atoms with Gasteiger partial charge in [0.25, 0.3) is 0 Å². The Balaban J connectivity index is 2.60. The number of rotatable bonds is 3. The van der Waals surface area contributed by atoms with E-state index in [2.05, 4.69) is 6.92 Å². The van der Waals surface area contributed by atoms with Crippen molar-refractivity contribution in [2.24, 2.45) is 0 Å². The fourth-order valence-corrected chi connectivity index (χ4v) is 0.374. The van der Waals surface area contributed by atoms with E-state index in [1.807, 2.05) is 6.15 Å². The van der Waals surface area contributed by atoms with Gasteiger partial charge < -0.3 is 0 Å². The number of hydrogen-bond acceptors (Lipinski definition) is 0. The predicted octanol–water partition coefficient (Wildman–Crippen LogP) is 1.77. The molecule has 0 aliphatic heterocycles. The van der Waals surface area contributed by atoms with Crippen LogP contribution in [0.5, 0.6) is 0 Å². The van der Waals surface area contributed by atoms with Crippen LogP contribution < -0.4 is 0 Å². The van der Waals surface area contributed by atoms with Gasteiger partial charge in [0.15, 0.2) is 0 Å². The van der Waals surface area contributed by atoms with E-state index < -0.39 is 0 Å². The average Bonchev–Trinajstić information content (AvgIpc) is 1.69. The molecule has 0 heterocycles. The summed E-state index contributed by atoms with van der Waals surface area (Å²) < 4.78 is 9.53. The molecule has 0 aromatic heterocycles. The molecule has 0 atom stereocenters. The van der Waals surface area contributed by atoms with Gasteiger partial charge in [-0.25, -0.2) is 0 Å². The van der Waals surface area contributed by atoms with E-state index in [4.69, 9.17) is 0 Å². The SMILES string of the molecule is [CH2-]CCCCC#[O+].